The van der Waals surface area contributed by atoms with E-state index < -0.39 is 5.97 Å². The van der Waals surface area contributed by atoms with Crippen molar-refractivity contribution in [1.29, 1.82) is 0 Å². The molecular weight excluding hydrogens is 222 g/mol. The molecule has 4 heteroatoms. The summed E-state index contributed by atoms with van der Waals surface area (Å²) in [5.74, 6) is -0.854. The molecule has 0 radical (unpaired) electrons. The molecule has 0 fully saturated rings. The highest BCUT2D eigenvalue weighted by atomic mass is 32.1. The maximum absolute atomic E-state index is 10.8. The van der Waals surface area contributed by atoms with Gasteiger partial charge in [0.1, 0.15) is 4.88 Å². The quantitative estimate of drug-likeness (QED) is 0.741. The summed E-state index contributed by atoms with van der Waals surface area (Å²) in [6, 6.07) is 0. The Labute approximate surface area is 101 Å². The molecule has 1 aromatic rings. The van der Waals surface area contributed by atoms with Gasteiger partial charge < -0.3 is 5.11 Å². The highest BCUT2D eigenvalue weighted by Crippen LogP contribution is 2.20. The van der Waals surface area contributed by atoms with Crippen LogP contribution in [0.4, 0.5) is 0 Å². The van der Waals surface area contributed by atoms with E-state index in [1.54, 1.807) is 6.92 Å². The van der Waals surface area contributed by atoms with Crippen molar-refractivity contribution in [2.75, 3.05) is 0 Å². The summed E-state index contributed by atoms with van der Waals surface area (Å²) >= 11 is 1.32. The van der Waals surface area contributed by atoms with E-state index in [1.807, 2.05) is 0 Å². The van der Waals surface area contributed by atoms with Crippen LogP contribution in [0.1, 0.15) is 59.4 Å². The van der Waals surface area contributed by atoms with Crippen molar-refractivity contribution >= 4 is 17.3 Å². The van der Waals surface area contributed by atoms with Crippen LogP contribution in [0.15, 0.2) is 0 Å². The fourth-order valence-electron chi connectivity index (χ4n) is 1.64. The number of unbranched alkanes of at least 4 members (excludes halogenated alkanes) is 4. The van der Waals surface area contributed by atoms with Gasteiger partial charge in [-0.2, -0.15) is 0 Å². The minimum absolute atomic E-state index is 0.392. The smallest absolute Gasteiger partial charge is 0.347 e. The van der Waals surface area contributed by atoms with E-state index in [-0.39, 0.29) is 0 Å². The summed E-state index contributed by atoms with van der Waals surface area (Å²) in [7, 11) is 0. The van der Waals surface area contributed by atoms with E-state index in [9.17, 15) is 4.79 Å². The number of aryl methyl sites for hydroxylation is 2. The fourth-order valence-corrected chi connectivity index (χ4v) is 2.58. The molecule has 0 saturated carbocycles. The van der Waals surface area contributed by atoms with Gasteiger partial charge in [0.15, 0.2) is 0 Å². The normalized spacial score (nSPS) is 10.6. The lowest BCUT2D eigenvalue weighted by atomic mass is 10.1. The van der Waals surface area contributed by atoms with Gasteiger partial charge >= 0.3 is 5.97 Å². The number of hydrogen-bond acceptors (Lipinski definition) is 3. The minimum atomic E-state index is -0.854. The van der Waals surface area contributed by atoms with Crippen molar-refractivity contribution < 1.29 is 9.90 Å². The molecule has 0 amide bonds. The monoisotopic (exact) mass is 241 g/mol. The van der Waals surface area contributed by atoms with Crippen LogP contribution >= 0.6 is 11.3 Å². The number of carboxylic acid groups (broad SMARTS) is 1. The molecule has 0 aliphatic rings. The van der Waals surface area contributed by atoms with Crippen LogP contribution in [0.5, 0.6) is 0 Å². The molecule has 1 N–H and O–H groups in total. The number of carboxylic acids is 1. The molecule has 0 aliphatic heterocycles. The number of aromatic nitrogens is 1. The van der Waals surface area contributed by atoms with E-state index in [2.05, 4.69) is 11.9 Å². The number of aromatic carboxylic acids is 1. The van der Waals surface area contributed by atoms with Crippen LogP contribution in [0, 0.1) is 6.92 Å². The molecule has 16 heavy (non-hydrogen) atoms. The number of rotatable bonds is 7. The molecule has 0 unspecified atom stereocenters. The van der Waals surface area contributed by atoms with Gasteiger partial charge in [-0.1, -0.05) is 32.6 Å². The summed E-state index contributed by atoms with van der Waals surface area (Å²) in [5, 5.41) is 9.86. The standard InChI is InChI=1S/C12H19NO2S/c1-3-4-5-6-7-8-10-13-9(2)11(16-10)12(14)15/h3-8H2,1-2H3,(H,14,15). The Balaban J connectivity index is 2.37. The maximum Gasteiger partial charge on any atom is 0.347 e. The van der Waals surface area contributed by atoms with E-state index in [0.29, 0.717) is 10.6 Å². The van der Waals surface area contributed by atoms with Gasteiger partial charge in [-0.3, -0.25) is 0 Å². The SMILES string of the molecule is CCCCCCCc1nc(C)c(C(=O)O)s1. The molecule has 0 aliphatic carbocycles. The molecule has 1 heterocycles. The van der Waals surface area contributed by atoms with Gasteiger partial charge in [0.25, 0.3) is 0 Å². The van der Waals surface area contributed by atoms with Crippen molar-refractivity contribution in [2.24, 2.45) is 0 Å². The lowest BCUT2D eigenvalue weighted by molar-refractivity contribution is 0.0701. The second-order valence-corrected chi connectivity index (χ2v) is 5.08. The maximum atomic E-state index is 10.8. The average molecular weight is 241 g/mol. The highest BCUT2D eigenvalue weighted by molar-refractivity contribution is 7.13. The zero-order valence-electron chi connectivity index (χ0n) is 9.95. The van der Waals surface area contributed by atoms with Crippen LogP contribution in [0.3, 0.4) is 0 Å². The third-order valence-electron chi connectivity index (χ3n) is 2.53. The summed E-state index contributed by atoms with van der Waals surface area (Å²) in [5.41, 5.74) is 0.654. The third kappa shape index (κ3) is 3.93. The van der Waals surface area contributed by atoms with E-state index in [0.717, 1.165) is 17.8 Å². The van der Waals surface area contributed by atoms with Crippen LogP contribution in [-0.4, -0.2) is 16.1 Å². The van der Waals surface area contributed by atoms with Crippen LogP contribution in [0.2, 0.25) is 0 Å². The van der Waals surface area contributed by atoms with Crippen molar-refractivity contribution in [1.82, 2.24) is 4.98 Å². The number of hydrogen-bond donors (Lipinski definition) is 1. The molecule has 90 valence electrons. The van der Waals surface area contributed by atoms with Crippen molar-refractivity contribution in [3.05, 3.63) is 15.6 Å². The summed E-state index contributed by atoms with van der Waals surface area (Å²) < 4.78 is 0. The first-order valence-corrected chi connectivity index (χ1v) is 6.66. The van der Waals surface area contributed by atoms with Gasteiger partial charge in [0.2, 0.25) is 0 Å². The van der Waals surface area contributed by atoms with Gasteiger partial charge in [-0.05, 0) is 19.8 Å². The first-order valence-electron chi connectivity index (χ1n) is 5.84. The third-order valence-corrected chi connectivity index (χ3v) is 3.73. The topological polar surface area (TPSA) is 50.2 Å². The first-order chi connectivity index (χ1) is 7.65. The van der Waals surface area contributed by atoms with E-state index in [4.69, 9.17) is 5.11 Å². The van der Waals surface area contributed by atoms with Crippen LogP contribution < -0.4 is 0 Å². The molecule has 1 rings (SSSR count). The number of carbonyl (C=O) groups is 1. The van der Waals surface area contributed by atoms with Gasteiger partial charge in [0, 0.05) is 0 Å². The Bertz CT molecular complexity index is 347. The molecule has 1 aromatic heterocycles. The lowest BCUT2D eigenvalue weighted by Gasteiger charge is -1.97. The van der Waals surface area contributed by atoms with E-state index in [1.165, 1.54) is 37.0 Å². The Morgan fingerprint density at radius 1 is 1.31 bits per heavy atom. The molecule has 0 bridgehead atoms. The van der Waals surface area contributed by atoms with Gasteiger partial charge in [-0.25, -0.2) is 9.78 Å². The summed E-state index contributed by atoms with van der Waals surface area (Å²) in [6.45, 7) is 3.96. The Kier molecular flexibility index (Phi) is 5.46. The average Bonchev–Trinajstić information content (AvgIpc) is 2.59. The molecule has 0 spiro atoms. The molecule has 0 atom stereocenters. The molecule has 0 aromatic carbocycles. The molecular formula is C12H19NO2S. The predicted molar refractivity (Wildman–Crippen MR) is 66.3 cm³/mol. The zero-order valence-corrected chi connectivity index (χ0v) is 10.8. The van der Waals surface area contributed by atoms with Crippen LogP contribution in [0.25, 0.3) is 0 Å². The van der Waals surface area contributed by atoms with E-state index >= 15 is 0 Å². The Morgan fingerprint density at radius 3 is 2.56 bits per heavy atom. The minimum Gasteiger partial charge on any atom is -0.477 e. The van der Waals surface area contributed by atoms with Crippen LogP contribution in [-0.2, 0) is 6.42 Å². The van der Waals surface area contributed by atoms with Crippen molar-refractivity contribution in [3.8, 4) is 0 Å². The second-order valence-electron chi connectivity index (χ2n) is 3.99. The number of nitrogens with zero attached hydrogens (tertiary/aromatic N) is 1. The van der Waals surface area contributed by atoms with Crippen molar-refractivity contribution in [3.63, 3.8) is 0 Å². The lowest BCUT2D eigenvalue weighted by Crippen LogP contribution is -1.94. The Morgan fingerprint density at radius 2 is 2.00 bits per heavy atom. The highest BCUT2D eigenvalue weighted by Gasteiger charge is 2.13. The van der Waals surface area contributed by atoms with Crippen molar-refractivity contribution in [2.45, 2.75) is 52.4 Å². The Hall–Kier alpha value is -0.900. The number of thiazole rings is 1. The largest absolute Gasteiger partial charge is 0.477 e. The van der Waals surface area contributed by atoms with Gasteiger partial charge in [-0.15, -0.1) is 11.3 Å². The molecule has 0 saturated heterocycles. The van der Waals surface area contributed by atoms with Gasteiger partial charge in [0.05, 0.1) is 10.7 Å². The molecule has 3 nitrogen and oxygen atoms in total. The summed E-state index contributed by atoms with van der Waals surface area (Å²) in [4.78, 5) is 15.5. The fraction of sp³-hybridized carbons (Fsp3) is 0.667. The zero-order chi connectivity index (χ0) is 12.0. The summed E-state index contributed by atoms with van der Waals surface area (Å²) in [6.07, 6.45) is 7.06. The first kappa shape index (κ1) is 13.2. The second kappa shape index (κ2) is 6.63. The predicted octanol–water partition coefficient (Wildman–Crippen LogP) is 3.66.